The van der Waals surface area contributed by atoms with Gasteiger partial charge in [0, 0.05) is 11.9 Å². The molecule has 0 aliphatic rings. The lowest BCUT2D eigenvalue weighted by molar-refractivity contribution is 0.632. The number of aromatic nitrogens is 1. The summed E-state index contributed by atoms with van der Waals surface area (Å²) in [7, 11) is 0. The third-order valence-corrected chi connectivity index (χ3v) is 3.17. The van der Waals surface area contributed by atoms with Crippen LogP contribution in [-0.2, 0) is 5.75 Å². The van der Waals surface area contributed by atoms with Crippen LogP contribution in [0.25, 0.3) is 0 Å². The SMILES string of the molecule is CC(C)CCSCc1ccnc(Cl)c1. The first-order valence-corrected chi connectivity index (χ1v) is 6.40. The summed E-state index contributed by atoms with van der Waals surface area (Å²) < 4.78 is 0. The molecule has 0 spiro atoms. The van der Waals surface area contributed by atoms with E-state index in [1.807, 2.05) is 23.9 Å². The predicted molar refractivity (Wildman–Crippen MR) is 64.9 cm³/mol. The van der Waals surface area contributed by atoms with Crippen molar-refractivity contribution < 1.29 is 0 Å². The molecule has 0 radical (unpaired) electrons. The maximum atomic E-state index is 5.79. The highest BCUT2D eigenvalue weighted by atomic mass is 35.5. The first-order valence-electron chi connectivity index (χ1n) is 4.86. The Balaban J connectivity index is 2.25. The van der Waals surface area contributed by atoms with Crippen molar-refractivity contribution in [1.82, 2.24) is 4.98 Å². The van der Waals surface area contributed by atoms with Crippen molar-refractivity contribution in [2.24, 2.45) is 5.92 Å². The monoisotopic (exact) mass is 229 g/mol. The van der Waals surface area contributed by atoms with Crippen molar-refractivity contribution in [3.63, 3.8) is 0 Å². The van der Waals surface area contributed by atoms with E-state index in [1.165, 1.54) is 17.7 Å². The van der Waals surface area contributed by atoms with Crippen molar-refractivity contribution in [3.8, 4) is 0 Å². The Hall–Kier alpha value is -0.210. The van der Waals surface area contributed by atoms with E-state index < -0.39 is 0 Å². The summed E-state index contributed by atoms with van der Waals surface area (Å²) in [6.45, 7) is 4.51. The Labute approximate surface area is 95.3 Å². The molecule has 0 N–H and O–H groups in total. The van der Waals surface area contributed by atoms with Crippen LogP contribution in [0.5, 0.6) is 0 Å². The van der Waals surface area contributed by atoms with Crippen LogP contribution in [0.4, 0.5) is 0 Å². The molecule has 3 heteroatoms. The summed E-state index contributed by atoms with van der Waals surface area (Å²) in [4.78, 5) is 3.95. The van der Waals surface area contributed by atoms with Gasteiger partial charge in [0.25, 0.3) is 0 Å². The molecule has 0 saturated carbocycles. The molecular weight excluding hydrogens is 214 g/mol. The van der Waals surface area contributed by atoms with E-state index in [9.17, 15) is 0 Å². The van der Waals surface area contributed by atoms with Crippen LogP contribution in [0.15, 0.2) is 18.3 Å². The van der Waals surface area contributed by atoms with E-state index in [1.54, 1.807) is 6.20 Å². The molecule has 0 amide bonds. The lowest BCUT2D eigenvalue weighted by Gasteiger charge is -2.04. The highest BCUT2D eigenvalue weighted by molar-refractivity contribution is 7.98. The van der Waals surface area contributed by atoms with Crippen molar-refractivity contribution >= 4 is 23.4 Å². The fourth-order valence-corrected chi connectivity index (χ4v) is 2.44. The summed E-state index contributed by atoms with van der Waals surface area (Å²) >= 11 is 7.74. The van der Waals surface area contributed by atoms with Gasteiger partial charge in [-0.1, -0.05) is 25.4 Å². The Bertz CT molecular complexity index is 276. The molecule has 0 unspecified atom stereocenters. The molecule has 1 nitrogen and oxygen atoms in total. The van der Waals surface area contributed by atoms with Crippen molar-refractivity contribution in [2.75, 3.05) is 5.75 Å². The zero-order chi connectivity index (χ0) is 10.4. The number of nitrogens with zero attached hydrogens (tertiary/aromatic N) is 1. The van der Waals surface area contributed by atoms with E-state index in [0.29, 0.717) is 5.15 Å². The Morgan fingerprint density at radius 2 is 2.29 bits per heavy atom. The molecule has 0 aliphatic carbocycles. The van der Waals surface area contributed by atoms with Crippen molar-refractivity contribution in [2.45, 2.75) is 26.0 Å². The first-order chi connectivity index (χ1) is 6.68. The predicted octanol–water partition coefficient (Wildman–Crippen LogP) is 4.01. The van der Waals surface area contributed by atoms with Crippen molar-refractivity contribution in [3.05, 3.63) is 29.0 Å². The van der Waals surface area contributed by atoms with Gasteiger partial charge in [-0.05, 0) is 35.8 Å². The topological polar surface area (TPSA) is 12.9 Å². The quantitative estimate of drug-likeness (QED) is 0.559. The second-order valence-corrected chi connectivity index (χ2v) is 5.21. The molecule has 1 heterocycles. The molecule has 0 fully saturated rings. The second kappa shape index (κ2) is 6.31. The Morgan fingerprint density at radius 1 is 1.50 bits per heavy atom. The van der Waals surface area contributed by atoms with Crippen LogP contribution in [0, 0.1) is 5.92 Å². The van der Waals surface area contributed by atoms with E-state index in [2.05, 4.69) is 18.8 Å². The number of rotatable bonds is 5. The Morgan fingerprint density at radius 3 is 2.93 bits per heavy atom. The van der Waals surface area contributed by atoms with Crippen LogP contribution in [0.2, 0.25) is 5.15 Å². The van der Waals surface area contributed by atoms with Crippen LogP contribution in [-0.4, -0.2) is 10.7 Å². The van der Waals surface area contributed by atoms with Crippen molar-refractivity contribution in [1.29, 1.82) is 0 Å². The molecule has 0 bridgehead atoms. The van der Waals surface area contributed by atoms with Crippen LogP contribution in [0.3, 0.4) is 0 Å². The number of thioether (sulfide) groups is 1. The highest BCUT2D eigenvalue weighted by Crippen LogP contribution is 2.16. The van der Waals surface area contributed by atoms with E-state index in [4.69, 9.17) is 11.6 Å². The fourth-order valence-electron chi connectivity index (χ4n) is 1.04. The lowest BCUT2D eigenvalue weighted by atomic mass is 10.2. The number of halogens is 1. The molecule has 1 aromatic rings. The average molecular weight is 230 g/mol. The minimum atomic E-state index is 0.590. The summed E-state index contributed by atoms with van der Waals surface area (Å²) in [6, 6.07) is 3.96. The zero-order valence-corrected chi connectivity index (χ0v) is 10.2. The maximum absolute atomic E-state index is 5.79. The largest absolute Gasteiger partial charge is 0.245 e. The summed E-state index contributed by atoms with van der Waals surface area (Å²) in [5, 5.41) is 0.590. The van der Waals surface area contributed by atoms with Crippen LogP contribution in [0.1, 0.15) is 25.8 Å². The minimum absolute atomic E-state index is 0.590. The van der Waals surface area contributed by atoms with Gasteiger partial charge < -0.3 is 0 Å². The van der Waals surface area contributed by atoms with Gasteiger partial charge >= 0.3 is 0 Å². The normalized spacial score (nSPS) is 10.9. The number of pyridine rings is 1. The van der Waals surface area contributed by atoms with Crippen LogP contribution < -0.4 is 0 Å². The van der Waals surface area contributed by atoms with Gasteiger partial charge in [0.05, 0.1) is 0 Å². The molecule has 1 rings (SSSR count). The first kappa shape index (κ1) is 11.9. The highest BCUT2D eigenvalue weighted by Gasteiger charge is 1.97. The fraction of sp³-hybridized carbons (Fsp3) is 0.545. The smallest absolute Gasteiger partial charge is 0.129 e. The van der Waals surface area contributed by atoms with Crippen LogP contribution >= 0.6 is 23.4 Å². The van der Waals surface area contributed by atoms with Gasteiger partial charge in [-0.15, -0.1) is 0 Å². The Kier molecular flexibility index (Phi) is 5.34. The van der Waals surface area contributed by atoms with Gasteiger partial charge in [-0.3, -0.25) is 0 Å². The van der Waals surface area contributed by atoms with Gasteiger partial charge in [0.15, 0.2) is 0 Å². The van der Waals surface area contributed by atoms with Gasteiger partial charge in [0.1, 0.15) is 5.15 Å². The summed E-state index contributed by atoms with van der Waals surface area (Å²) in [5.74, 6) is 3.05. The van der Waals surface area contributed by atoms with E-state index in [0.717, 1.165) is 11.7 Å². The van der Waals surface area contributed by atoms with E-state index in [-0.39, 0.29) is 0 Å². The zero-order valence-electron chi connectivity index (χ0n) is 8.66. The van der Waals surface area contributed by atoms with E-state index >= 15 is 0 Å². The number of hydrogen-bond donors (Lipinski definition) is 0. The number of hydrogen-bond acceptors (Lipinski definition) is 2. The van der Waals surface area contributed by atoms with Gasteiger partial charge in [-0.2, -0.15) is 11.8 Å². The second-order valence-electron chi connectivity index (χ2n) is 3.72. The molecule has 78 valence electrons. The third kappa shape index (κ3) is 4.87. The van der Waals surface area contributed by atoms with Gasteiger partial charge in [0.2, 0.25) is 0 Å². The standard InChI is InChI=1S/C11H16ClNS/c1-9(2)4-6-14-8-10-3-5-13-11(12)7-10/h3,5,7,9H,4,6,8H2,1-2H3. The molecule has 0 aliphatic heterocycles. The van der Waals surface area contributed by atoms with Gasteiger partial charge in [-0.25, -0.2) is 4.98 Å². The molecule has 0 aromatic carbocycles. The lowest BCUT2D eigenvalue weighted by Crippen LogP contribution is -1.90. The summed E-state index contributed by atoms with van der Waals surface area (Å²) in [6.07, 6.45) is 3.05. The molecule has 0 atom stereocenters. The summed E-state index contributed by atoms with van der Waals surface area (Å²) in [5.41, 5.74) is 1.26. The minimum Gasteiger partial charge on any atom is -0.245 e. The third-order valence-electron chi connectivity index (χ3n) is 1.90. The molecule has 1 aromatic heterocycles. The molecular formula is C11H16ClNS. The maximum Gasteiger partial charge on any atom is 0.129 e. The molecule has 0 saturated heterocycles. The average Bonchev–Trinajstić information content (AvgIpc) is 2.12. The molecule has 14 heavy (non-hydrogen) atoms.